The molecule has 4 rings (SSSR count). The summed E-state index contributed by atoms with van der Waals surface area (Å²) in [6.07, 6.45) is 0. The third-order valence-corrected chi connectivity index (χ3v) is 4.90. The highest BCUT2D eigenvalue weighted by molar-refractivity contribution is 5.90. The molecule has 0 radical (unpaired) electrons. The van der Waals surface area contributed by atoms with E-state index in [9.17, 15) is 4.79 Å². The van der Waals surface area contributed by atoms with Gasteiger partial charge in [-0.25, -0.2) is 0 Å². The van der Waals surface area contributed by atoms with Crippen molar-refractivity contribution in [1.82, 2.24) is 15.1 Å². The van der Waals surface area contributed by atoms with Crippen molar-refractivity contribution in [2.75, 3.05) is 38.2 Å². The van der Waals surface area contributed by atoms with Crippen molar-refractivity contribution in [2.24, 2.45) is 0 Å². The summed E-state index contributed by atoms with van der Waals surface area (Å²) in [5, 5.41) is 7.98. The highest BCUT2D eigenvalue weighted by Crippen LogP contribution is 2.28. The van der Waals surface area contributed by atoms with Crippen molar-refractivity contribution in [3.63, 3.8) is 0 Å². The van der Waals surface area contributed by atoms with Gasteiger partial charge in [-0.15, -0.1) is 10.2 Å². The van der Waals surface area contributed by atoms with Gasteiger partial charge in [-0.3, -0.25) is 4.79 Å². The molecule has 1 amide bonds. The summed E-state index contributed by atoms with van der Waals surface area (Å²) in [6.45, 7) is 4.60. The Bertz CT molecular complexity index is 960. The molecule has 1 aliphatic heterocycles. The lowest BCUT2D eigenvalue weighted by Gasteiger charge is -2.36. The van der Waals surface area contributed by atoms with E-state index in [2.05, 4.69) is 15.1 Å². The predicted molar refractivity (Wildman–Crippen MR) is 106 cm³/mol. The Hall–Kier alpha value is -3.35. The third kappa shape index (κ3) is 3.55. The molecule has 144 valence electrons. The van der Waals surface area contributed by atoms with Crippen molar-refractivity contribution in [2.45, 2.75) is 6.92 Å². The molecule has 0 aliphatic carbocycles. The van der Waals surface area contributed by atoms with Crippen LogP contribution in [-0.4, -0.2) is 54.3 Å². The molecular weight excluding hydrogens is 356 g/mol. The van der Waals surface area contributed by atoms with Crippen LogP contribution in [-0.2, 0) is 0 Å². The number of ether oxygens (including phenoxy) is 1. The van der Waals surface area contributed by atoms with Gasteiger partial charge in [-0.1, -0.05) is 29.8 Å². The Labute approximate surface area is 163 Å². The molecular formula is C21H22N4O3. The number of para-hydroxylation sites is 2. The fraction of sp³-hybridized carbons (Fsp3) is 0.286. The molecule has 2 aromatic carbocycles. The minimum atomic E-state index is -0.231. The van der Waals surface area contributed by atoms with Gasteiger partial charge in [-0.2, -0.15) is 0 Å². The molecule has 1 aliphatic rings. The van der Waals surface area contributed by atoms with E-state index in [0.717, 1.165) is 22.6 Å². The molecule has 7 heteroatoms. The Kier molecular flexibility index (Phi) is 4.97. The summed E-state index contributed by atoms with van der Waals surface area (Å²) < 4.78 is 11.1. The molecule has 0 saturated carbocycles. The minimum absolute atomic E-state index is 0.0290. The largest absolute Gasteiger partial charge is 0.495 e. The van der Waals surface area contributed by atoms with Crippen molar-refractivity contribution in [1.29, 1.82) is 0 Å². The second-order valence-corrected chi connectivity index (χ2v) is 6.73. The number of methoxy groups -OCH3 is 1. The van der Waals surface area contributed by atoms with Gasteiger partial charge in [0.25, 0.3) is 0 Å². The van der Waals surface area contributed by atoms with E-state index in [1.54, 1.807) is 12.0 Å². The van der Waals surface area contributed by atoms with Gasteiger partial charge in [0, 0.05) is 31.7 Å². The van der Waals surface area contributed by atoms with E-state index in [1.807, 2.05) is 55.5 Å². The number of benzene rings is 2. The van der Waals surface area contributed by atoms with Gasteiger partial charge in [0.2, 0.25) is 5.89 Å². The summed E-state index contributed by atoms with van der Waals surface area (Å²) in [7, 11) is 1.67. The van der Waals surface area contributed by atoms with Crippen LogP contribution in [0.4, 0.5) is 5.69 Å². The number of carbonyl (C=O) groups excluding carboxylic acids is 1. The van der Waals surface area contributed by atoms with E-state index in [4.69, 9.17) is 9.15 Å². The van der Waals surface area contributed by atoms with Crippen molar-refractivity contribution >= 4 is 11.6 Å². The zero-order valence-electron chi connectivity index (χ0n) is 16.0. The van der Waals surface area contributed by atoms with E-state index in [1.165, 1.54) is 0 Å². The average Bonchev–Trinajstić information content (AvgIpc) is 3.24. The van der Waals surface area contributed by atoms with Crippen LogP contribution in [0.2, 0.25) is 0 Å². The number of aromatic nitrogens is 2. The first-order valence-corrected chi connectivity index (χ1v) is 9.23. The highest BCUT2D eigenvalue weighted by Gasteiger charge is 2.27. The summed E-state index contributed by atoms with van der Waals surface area (Å²) in [4.78, 5) is 16.7. The van der Waals surface area contributed by atoms with Crippen LogP contribution in [0.1, 0.15) is 16.2 Å². The number of amides is 1. The maximum absolute atomic E-state index is 12.8. The molecule has 1 saturated heterocycles. The number of aryl methyl sites for hydroxylation is 1. The lowest BCUT2D eigenvalue weighted by Crippen LogP contribution is -2.49. The Balaban J connectivity index is 1.42. The number of hydrogen-bond donors (Lipinski definition) is 0. The first-order valence-electron chi connectivity index (χ1n) is 9.23. The zero-order valence-corrected chi connectivity index (χ0v) is 16.0. The second-order valence-electron chi connectivity index (χ2n) is 6.73. The smallest absolute Gasteiger partial charge is 0.311 e. The van der Waals surface area contributed by atoms with Gasteiger partial charge in [0.1, 0.15) is 5.75 Å². The first kappa shape index (κ1) is 18.0. The average molecular weight is 378 g/mol. The van der Waals surface area contributed by atoms with E-state index in [-0.39, 0.29) is 11.8 Å². The number of nitrogens with zero attached hydrogens (tertiary/aromatic N) is 4. The van der Waals surface area contributed by atoms with Crippen LogP contribution >= 0.6 is 0 Å². The summed E-state index contributed by atoms with van der Waals surface area (Å²) in [5.41, 5.74) is 2.99. The number of piperazine rings is 1. The molecule has 0 spiro atoms. The summed E-state index contributed by atoms with van der Waals surface area (Å²) in [6, 6.07) is 15.7. The predicted octanol–water partition coefficient (Wildman–Crippen LogP) is 3.02. The maximum Gasteiger partial charge on any atom is 0.311 e. The number of hydrogen-bond acceptors (Lipinski definition) is 6. The van der Waals surface area contributed by atoms with Crippen LogP contribution in [0, 0.1) is 6.92 Å². The van der Waals surface area contributed by atoms with Gasteiger partial charge in [-0.05, 0) is 31.2 Å². The first-order chi connectivity index (χ1) is 13.7. The lowest BCUT2D eigenvalue weighted by atomic mass is 10.1. The summed E-state index contributed by atoms with van der Waals surface area (Å²) >= 11 is 0. The molecule has 0 N–H and O–H groups in total. The maximum atomic E-state index is 12.8. The molecule has 0 atom stereocenters. The Morgan fingerprint density at radius 1 is 1.00 bits per heavy atom. The highest BCUT2D eigenvalue weighted by atomic mass is 16.5. The standard InChI is InChI=1S/C21H22N4O3/c1-15-7-9-16(10-8-15)19-22-23-20(28-19)21(26)25-13-11-24(12-14-25)17-5-3-4-6-18(17)27-2/h3-10H,11-14H2,1-2H3. The van der Waals surface area contributed by atoms with Gasteiger partial charge < -0.3 is 19.0 Å². The van der Waals surface area contributed by atoms with Crippen molar-refractivity contribution < 1.29 is 13.9 Å². The van der Waals surface area contributed by atoms with Crippen LogP contribution in [0.25, 0.3) is 11.5 Å². The van der Waals surface area contributed by atoms with Crippen molar-refractivity contribution in [3.8, 4) is 17.2 Å². The molecule has 2 heterocycles. The number of anilines is 1. The summed E-state index contributed by atoms with van der Waals surface area (Å²) in [5.74, 6) is 0.991. The van der Waals surface area contributed by atoms with Gasteiger partial charge in [0.15, 0.2) is 0 Å². The molecule has 1 fully saturated rings. The molecule has 3 aromatic rings. The van der Waals surface area contributed by atoms with E-state index in [0.29, 0.717) is 32.1 Å². The molecule has 0 bridgehead atoms. The quantitative estimate of drug-likeness (QED) is 0.695. The van der Waals surface area contributed by atoms with E-state index >= 15 is 0 Å². The van der Waals surface area contributed by atoms with E-state index < -0.39 is 0 Å². The Morgan fingerprint density at radius 3 is 2.43 bits per heavy atom. The minimum Gasteiger partial charge on any atom is -0.495 e. The van der Waals surface area contributed by atoms with Crippen molar-refractivity contribution in [3.05, 3.63) is 60.0 Å². The Morgan fingerprint density at radius 2 is 1.71 bits per heavy atom. The number of rotatable bonds is 4. The fourth-order valence-electron chi connectivity index (χ4n) is 3.30. The molecule has 1 aromatic heterocycles. The normalized spacial score (nSPS) is 14.2. The van der Waals surface area contributed by atoms with Gasteiger partial charge >= 0.3 is 11.8 Å². The fourth-order valence-corrected chi connectivity index (χ4v) is 3.30. The number of carbonyl (C=O) groups is 1. The van der Waals surface area contributed by atoms with Crippen LogP contribution in [0.5, 0.6) is 5.75 Å². The SMILES string of the molecule is COc1ccccc1N1CCN(C(=O)c2nnc(-c3ccc(C)cc3)o2)CC1. The molecule has 28 heavy (non-hydrogen) atoms. The molecule has 0 unspecified atom stereocenters. The monoisotopic (exact) mass is 378 g/mol. The lowest BCUT2D eigenvalue weighted by molar-refractivity contribution is 0.0707. The zero-order chi connectivity index (χ0) is 19.5. The molecule has 7 nitrogen and oxygen atoms in total. The topological polar surface area (TPSA) is 71.7 Å². The van der Waals surface area contributed by atoms with Gasteiger partial charge in [0.05, 0.1) is 12.8 Å². The third-order valence-electron chi connectivity index (χ3n) is 4.90. The second kappa shape index (κ2) is 7.72. The van der Waals surface area contributed by atoms with Crippen LogP contribution in [0.15, 0.2) is 52.9 Å². The van der Waals surface area contributed by atoms with Crippen LogP contribution < -0.4 is 9.64 Å². The van der Waals surface area contributed by atoms with Crippen LogP contribution in [0.3, 0.4) is 0 Å².